The molecule has 20 heavy (non-hydrogen) atoms. The number of rotatable bonds is 3. The van der Waals surface area contributed by atoms with Gasteiger partial charge in [0.05, 0.1) is 11.8 Å². The molecule has 5 nitrogen and oxygen atoms in total. The summed E-state index contributed by atoms with van der Waals surface area (Å²) in [4.78, 5) is 11.8. The highest BCUT2D eigenvalue weighted by molar-refractivity contribution is 9.10. The Morgan fingerprint density at radius 2 is 1.85 bits per heavy atom. The quantitative estimate of drug-likeness (QED) is 0.596. The second-order valence-electron chi connectivity index (χ2n) is 3.95. The van der Waals surface area contributed by atoms with Crippen molar-refractivity contribution in [1.29, 1.82) is 0 Å². The van der Waals surface area contributed by atoms with Gasteiger partial charge in [0.15, 0.2) is 0 Å². The highest BCUT2D eigenvalue weighted by Gasteiger charge is 2.09. The topological polar surface area (TPSA) is 81.9 Å². The van der Waals surface area contributed by atoms with Gasteiger partial charge in [-0.3, -0.25) is 4.79 Å². The van der Waals surface area contributed by atoms with Crippen molar-refractivity contribution >= 4 is 28.1 Å². The lowest BCUT2D eigenvalue weighted by Crippen LogP contribution is -2.17. The fourth-order valence-electron chi connectivity index (χ4n) is 1.48. The van der Waals surface area contributed by atoms with Gasteiger partial charge in [-0.1, -0.05) is 15.9 Å². The summed E-state index contributed by atoms with van der Waals surface area (Å²) in [7, 11) is 0. The lowest BCUT2D eigenvalue weighted by atomic mass is 10.2. The van der Waals surface area contributed by atoms with Crippen molar-refractivity contribution in [3.05, 3.63) is 58.1 Å². The van der Waals surface area contributed by atoms with E-state index in [1.54, 1.807) is 18.2 Å². The van der Waals surface area contributed by atoms with E-state index in [0.29, 0.717) is 4.47 Å². The minimum absolute atomic E-state index is 0.128. The summed E-state index contributed by atoms with van der Waals surface area (Å²) in [5, 5.41) is 22.5. The first-order valence-corrected chi connectivity index (χ1v) is 6.46. The van der Waals surface area contributed by atoms with Crippen LogP contribution < -0.4 is 5.43 Å². The number of nitrogens with one attached hydrogen (secondary N) is 1. The third kappa shape index (κ3) is 3.58. The molecule has 0 aliphatic heterocycles. The molecule has 0 spiro atoms. The van der Waals surface area contributed by atoms with Crippen molar-refractivity contribution in [2.24, 2.45) is 5.10 Å². The van der Waals surface area contributed by atoms with Gasteiger partial charge in [0.1, 0.15) is 11.5 Å². The number of hydrazone groups is 1. The summed E-state index contributed by atoms with van der Waals surface area (Å²) in [6.07, 6.45) is 1.44. The summed E-state index contributed by atoms with van der Waals surface area (Å²) in [6, 6.07) is 10.9. The number of carbonyl (C=O) groups excluding carboxylic acids is 1. The molecule has 2 aromatic carbocycles. The molecule has 2 rings (SSSR count). The number of amides is 1. The van der Waals surface area contributed by atoms with Crippen LogP contribution in [0.2, 0.25) is 0 Å². The normalized spacial score (nSPS) is 10.7. The molecule has 0 aliphatic carbocycles. The summed E-state index contributed by atoms with van der Waals surface area (Å²) in [5.74, 6) is -0.479. The van der Waals surface area contributed by atoms with Crippen LogP contribution in [0.1, 0.15) is 15.9 Å². The van der Waals surface area contributed by atoms with Crippen LogP contribution in [0.25, 0.3) is 0 Å². The van der Waals surface area contributed by atoms with Crippen LogP contribution in [-0.4, -0.2) is 22.3 Å². The number of hydrogen-bond donors (Lipinski definition) is 3. The van der Waals surface area contributed by atoms with Gasteiger partial charge < -0.3 is 10.2 Å². The van der Waals surface area contributed by atoms with Crippen molar-refractivity contribution in [2.75, 3.05) is 0 Å². The smallest absolute Gasteiger partial charge is 0.275 e. The average Bonchev–Trinajstić information content (AvgIpc) is 2.41. The molecule has 3 N–H and O–H groups in total. The van der Waals surface area contributed by atoms with Crippen LogP contribution >= 0.6 is 15.9 Å². The number of hydrogen-bond acceptors (Lipinski definition) is 4. The second-order valence-corrected chi connectivity index (χ2v) is 4.87. The Kier molecular flexibility index (Phi) is 4.37. The summed E-state index contributed by atoms with van der Waals surface area (Å²) in [6.45, 7) is 0. The molecule has 102 valence electrons. The SMILES string of the molecule is O=C(N/N=C/c1ccc(O)cc1)c1ccc(Br)cc1O. The van der Waals surface area contributed by atoms with Gasteiger partial charge in [-0.2, -0.15) is 5.10 Å². The van der Waals surface area contributed by atoms with Crippen molar-refractivity contribution in [2.45, 2.75) is 0 Å². The Morgan fingerprint density at radius 3 is 2.50 bits per heavy atom. The second kappa shape index (κ2) is 6.21. The van der Waals surface area contributed by atoms with Gasteiger partial charge in [-0.15, -0.1) is 0 Å². The van der Waals surface area contributed by atoms with Gasteiger partial charge >= 0.3 is 0 Å². The van der Waals surface area contributed by atoms with Gasteiger partial charge in [0, 0.05) is 4.47 Å². The number of halogens is 1. The van der Waals surface area contributed by atoms with E-state index in [1.807, 2.05) is 0 Å². The van der Waals surface area contributed by atoms with Crippen LogP contribution in [-0.2, 0) is 0 Å². The zero-order chi connectivity index (χ0) is 14.5. The maximum Gasteiger partial charge on any atom is 0.275 e. The first-order valence-electron chi connectivity index (χ1n) is 5.67. The van der Waals surface area contributed by atoms with E-state index < -0.39 is 5.91 Å². The Hall–Kier alpha value is -2.34. The van der Waals surface area contributed by atoms with Crippen LogP contribution in [0.4, 0.5) is 0 Å². The maximum absolute atomic E-state index is 11.8. The molecular formula is C14H11BrN2O3. The Labute approximate surface area is 123 Å². The van der Waals surface area contributed by atoms with Crippen LogP contribution in [0.15, 0.2) is 52.0 Å². The van der Waals surface area contributed by atoms with Crippen LogP contribution in [0.5, 0.6) is 11.5 Å². The Bertz CT molecular complexity index is 654. The van der Waals surface area contributed by atoms with E-state index in [-0.39, 0.29) is 17.1 Å². The largest absolute Gasteiger partial charge is 0.508 e. The molecule has 0 saturated heterocycles. The molecule has 0 aromatic heterocycles. The number of aromatic hydroxyl groups is 2. The van der Waals surface area contributed by atoms with E-state index >= 15 is 0 Å². The molecule has 0 fully saturated rings. The monoisotopic (exact) mass is 334 g/mol. The van der Waals surface area contributed by atoms with E-state index in [4.69, 9.17) is 5.11 Å². The first kappa shape index (κ1) is 14.1. The van der Waals surface area contributed by atoms with E-state index in [0.717, 1.165) is 5.56 Å². The number of benzene rings is 2. The third-order valence-corrected chi connectivity index (χ3v) is 2.97. The Balaban J connectivity index is 2.03. The molecule has 1 amide bonds. The van der Waals surface area contributed by atoms with E-state index in [2.05, 4.69) is 26.5 Å². The summed E-state index contributed by atoms with van der Waals surface area (Å²) in [5.41, 5.74) is 3.18. The molecule has 0 heterocycles. The highest BCUT2D eigenvalue weighted by Crippen LogP contribution is 2.22. The highest BCUT2D eigenvalue weighted by atomic mass is 79.9. The molecule has 0 radical (unpaired) electrons. The van der Waals surface area contributed by atoms with Gasteiger partial charge in [0.25, 0.3) is 5.91 Å². The standard InChI is InChI=1S/C14H11BrN2O3/c15-10-3-6-12(13(19)7-10)14(20)17-16-8-9-1-4-11(18)5-2-9/h1-8,18-19H,(H,17,20)/b16-8+. The van der Waals surface area contributed by atoms with Crippen molar-refractivity contribution in [3.8, 4) is 11.5 Å². The number of phenolic OH excluding ortho intramolecular Hbond substituents is 2. The van der Waals surface area contributed by atoms with E-state index in [1.165, 1.54) is 30.5 Å². The number of carbonyl (C=O) groups is 1. The molecule has 0 aliphatic rings. The number of phenols is 2. The lowest BCUT2D eigenvalue weighted by molar-refractivity contribution is 0.0952. The molecule has 0 unspecified atom stereocenters. The average molecular weight is 335 g/mol. The minimum atomic E-state index is -0.509. The first-order chi connectivity index (χ1) is 9.56. The molecular weight excluding hydrogens is 324 g/mol. The lowest BCUT2D eigenvalue weighted by Gasteiger charge is -2.03. The molecule has 6 heteroatoms. The fourth-order valence-corrected chi connectivity index (χ4v) is 1.83. The van der Waals surface area contributed by atoms with Crippen molar-refractivity contribution in [3.63, 3.8) is 0 Å². The van der Waals surface area contributed by atoms with Gasteiger partial charge in [-0.05, 0) is 48.0 Å². The van der Waals surface area contributed by atoms with Crippen molar-refractivity contribution < 1.29 is 15.0 Å². The number of nitrogens with zero attached hydrogens (tertiary/aromatic N) is 1. The Morgan fingerprint density at radius 1 is 1.15 bits per heavy atom. The summed E-state index contributed by atoms with van der Waals surface area (Å²) < 4.78 is 0.680. The molecule has 2 aromatic rings. The molecule has 0 saturated carbocycles. The zero-order valence-corrected chi connectivity index (χ0v) is 11.8. The minimum Gasteiger partial charge on any atom is -0.508 e. The molecule has 0 bridgehead atoms. The third-order valence-electron chi connectivity index (χ3n) is 2.48. The zero-order valence-electron chi connectivity index (χ0n) is 10.2. The summed E-state index contributed by atoms with van der Waals surface area (Å²) >= 11 is 3.19. The van der Waals surface area contributed by atoms with Crippen LogP contribution in [0, 0.1) is 0 Å². The van der Waals surface area contributed by atoms with Crippen molar-refractivity contribution in [1.82, 2.24) is 5.43 Å². The van der Waals surface area contributed by atoms with E-state index in [9.17, 15) is 9.90 Å². The fraction of sp³-hybridized carbons (Fsp3) is 0. The van der Waals surface area contributed by atoms with Gasteiger partial charge in [-0.25, -0.2) is 5.43 Å². The molecule has 0 atom stereocenters. The van der Waals surface area contributed by atoms with Gasteiger partial charge in [0.2, 0.25) is 0 Å². The predicted molar refractivity (Wildman–Crippen MR) is 79.0 cm³/mol. The van der Waals surface area contributed by atoms with Crippen LogP contribution in [0.3, 0.4) is 0 Å². The maximum atomic E-state index is 11.8. The predicted octanol–water partition coefficient (Wildman–Crippen LogP) is 2.62.